The average molecular weight is 268 g/mol. The lowest BCUT2D eigenvalue weighted by atomic mass is 10.3. The van der Waals surface area contributed by atoms with Gasteiger partial charge in [-0.2, -0.15) is 0 Å². The van der Waals surface area contributed by atoms with Crippen molar-refractivity contribution >= 4 is 17.3 Å². The molecule has 0 aliphatic rings. The van der Waals surface area contributed by atoms with Crippen LogP contribution in [0.4, 0.5) is 0 Å². The van der Waals surface area contributed by atoms with Crippen molar-refractivity contribution in [2.75, 3.05) is 7.11 Å². The van der Waals surface area contributed by atoms with Crippen LogP contribution in [0.3, 0.4) is 0 Å². The standard InChI is InChI=1S/C10H12N4O3S/c1-6-11-3-7(18-6)4-14-8(5-17-2)9(10(15)16)12-13-14/h3H,4-5H2,1-2H3,(H,15,16). The molecule has 0 aliphatic heterocycles. The van der Waals surface area contributed by atoms with E-state index in [9.17, 15) is 4.79 Å². The molecule has 18 heavy (non-hydrogen) atoms. The first-order chi connectivity index (χ1) is 8.61. The molecule has 7 nitrogen and oxygen atoms in total. The zero-order valence-corrected chi connectivity index (χ0v) is 10.8. The highest BCUT2D eigenvalue weighted by molar-refractivity contribution is 7.11. The lowest BCUT2D eigenvalue weighted by Crippen LogP contribution is -2.09. The van der Waals surface area contributed by atoms with Crippen LogP contribution in [0.25, 0.3) is 0 Å². The van der Waals surface area contributed by atoms with Crippen LogP contribution in [0.15, 0.2) is 6.20 Å². The third-order valence-electron chi connectivity index (χ3n) is 2.30. The first-order valence-corrected chi connectivity index (χ1v) is 5.99. The van der Waals surface area contributed by atoms with E-state index in [1.165, 1.54) is 23.1 Å². The van der Waals surface area contributed by atoms with Gasteiger partial charge in [0.05, 0.1) is 23.9 Å². The van der Waals surface area contributed by atoms with Gasteiger partial charge in [-0.3, -0.25) is 0 Å². The number of carboxylic acid groups (broad SMARTS) is 1. The largest absolute Gasteiger partial charge is 0.476 e. The first kappa shape index (κ1) is 12.7. The lowest BCUT2D eigenvalue weighted by Gasteiger charge is -2.04. The van der Waals surface area contributed by atoms with Crippen LogP contribution in [0.1, 0.15) is 26.1 Å². The topological polar surface area (TPSA) is 90.1 Å². The number of aromatic nitrogens is 4. The zero-order chi connectivity index (χ0) is 13.1. The fourth-order valence-corrected chi connectivity index (χ4v) is 2.31. The van der Waals surface area contributed by atoms with Crippen LogP contribution in [0.5, 0.6) is 0 Å². The van der Waals surface area contributed by atoms with Gasteiger partial charge in [-0.05, 0) is 6.92 Å². The average Bonchev–Trinajstić information content (AvgIpc) is 2.88. The van der Waals surface area contributed by atoms with Crippen molar-refractivity contribution in [3.8, 4) is 0 Å². The number of hydrogen-bond donors (Lipinski definition) is 1. The van der Waals surface area contributed by atoms with Crippen LogP contribution in [0.2, 0.25) is 0 Å². The van der Waals surface area contributed by atoms with E-state index in [2.05, 4.69) is 15.3 Å². The molecule has 0 aromatic carbocycles. The molecular formula is C10H12N4O3S. The first-order valence-electron chi connectivity index (χ1n) is 5.17. The predicted octanol–water partition coefficient (Wildman–Crippen LogP) is 0.936. The summed E-state index contributed by atoms with van der Waals surface area (Å²) in [6.45, 7) is 2.52. The maximum Gasteiger partial charge on any atom is 0.358 e. The Morgan fingerprint density at radius 3 is 2.94 bits per heavy atom. The van der Waals surface area contributed by atoms with E-state index in [0.717, 1.165) is 9.88 Å². The minimum absolute atomic E-state index is 0.0712. The number of aromatic carboxylic acids is 1. The van der Waals surface area contributed by atoms with Crippen molar-refractivity contribution in [2.24, 2.45) is 0 Å². The summed E-state index contributed by atoms with van der Waals surface area (Å²) in [5.74, 6) is -1.10. The Morgan fingerprint density at radius 2 is 2.39 bits per heavy atom. The van der Waals surface area contributed by atoms with E-state index in [4.69, 9.17) is 9.84 Å². The van der Waals surface area contributed by atoms with Crippen LogP contribution < -0.4 is 0 Å². The van der Waals surface area contributed by atoms with Gasteiger partial charge in [-0.25, -0.2) is 14.5 Å². The van der Waals surface area contributed by atoms with Gasteiger partial charge in [0, 0.05) is 18.2 Å². The molecule has 2 aromatic rings. The number of thiazole rings is 1. The summed E-state index contributed by atoms with van der Waals surface area (Å²) in [6.07, 6.45) is 1.75. The SMILES string of the molecule is COCc1c(C(=O)O)nnn1Cc1cnc(C)s1. The van der Waals surface area contributed by atoms with Crippen LogP contribution in [-0.2, 0) is 17.9 Å². The smallest absolute Gasteiger partial charge is 0.358 e. The molecular weight excluding hydrogens is 256 g/mol. The molecule has 2 rings (SSSR count). The fraction of sp³-hybridized carbons (Fsp3) is 0.400. The highest BCUT2D eigenvalue weighted by atomic mass is 32.1. The molecule has 8 heteroatoms. The number of rotatable bonds is 5. The third-order valence-corrected chi connectivity index (χ3v) is 3.19. The van der Waals surface area contributed by atoms with Crippen molar-refractivity contribution in [2.45, 2.75) is 20.1 Å². The van der Waals surface area contributed by atoms with E-state index in [1.807, 2.05) is 6.92 Å². The van der Waals surface area contributed by atoms with Crippen molar-refractivity contribution in [1.82, 2.24) is 20.0 Å². The van der Waals surface area contributed by atoms with Gasteiger partial charge in [-0.15, -0.1) is 16.4 Å². The highest BCUT2D eigenvalue weighted by Crippen LogP contribution is 2.15. The summed E-state index contributed by atoms with van der Waals surface area (Å²) in [6, 6.07) is 0. The molecule has 0 bridgehead atoms. The molecule has 0 atom stereocenters. The number of carbonyl (C=O) groups is 1. The number of carboxylic acids is 1. The van der Waals surface area contributed by atoms with E-state index < -0.39 is 5.97 Å². The highest BCUT2D eigenvalue weighted by Gasteiger charge is 2.19. The lowest BCUT2D eigenvalue weighted by molar-refractivity contribution is 0.0684. The number of hydrogen-bond acceptors (Lipinski definition) is 6. The van der Waals surface area contributed by atoms with Crippen molar-refractivity contribution in [1.29, 1.82) is 0 Å². The monoisotopic (exact) mass is 268 g/mol. The molecule has 2 heterocycles. The van der Waals surface area contributed by atoms with Crippen LogP contribution in [0, 0.1) is 6.92 Å². The Morgan fingerprint density at radius 1 is 1.61 bits per heavy atom. The molecule has 0 spiro atoms. The Labute approximate surface area is 107 Å². The summed E-state index contributed by atoms with van der Waals surface area (Å²) in [5, 5.41) is 17.5. The molecule has 0 saturated heterocycles. The van der Waals surface area contributed by atoms with Crippen molar-refractivity contribution in [3.63, 3.8) is 0 Å². The second-order valence-electron chi connectivity index (χ2n) is 3.63. The van der Waals surface area contributed by atoms with Gasteiger partial charge in [0.15, 0.2) is 5.69 Å². The Kier molecular flexibility index (Phi) is 3.68. The molecule has 1 N–H and O–H groups in total. The number of methoxy groups -OCH3 is 1. The van der Waals surface area contributed by atoms with Crippen molar-refractivity contribution < 1.29 is 14.6 Å². The van der Waals surface area contributed by atoms with Crippen molar-refractivity contribution in [3.05, 3.63) is 27.5 Å². The molecule has 2 aromatic heterocycles. The molecule has 96 valence electrons. The third kappa shape index (κ3) is 2.54. The summed E-state index contributed by atoms with van der Waals surface area (Å²) in [7, 11) is 1.50. The van der Waals surface area contributed by atoms with Gasteiger partial charge in [-0.1, -0.05) is 5.21 Å². The van der Waals surface area contributed by atoms with E-state index in [-0.39, 0.29) is 12.3 Å². The molecule has 0 aliphatic carbocycles. The Hall–Kier alpha value is -1.80. The second kappa shape index (κ2) is 5.23. The van der Waals surface area contributed by atoms with E-state index in [0.29, 0.717) is 12.2 Å². The minimum atomic E-state index is -1.10. The fourth-order valence-electron chi connectivity index (χ4n) is 1.53. The maximum absolute atomic E-state index is 11.0. The zero-order valence-electron chi connectivity index (χ0n) is 9.95. The van der Waals surface area contributed by atoms with Gasteiger partial charge in [0.2, 0.25) is 0 Å². The summed E-state index contributed by atoms with van der Waals surface area (Å²) in [4.78, 5) is 16.1. The Bertz CT molecular complexity index is 563. The summed E-state index contributed by atoms with van der Waals surface area (Å²) >= 11 is 1.54. The minimum Gasteiger partial charge on any atom is -0.476 e. The van der Waals surface area contributed by atoms with E-state index >= 15 is 0 Å². The molecule has 0 radical (unpaired) electrons. The van der Waals surface area contributed by atoms with Gasteiger partial charge >= 0.3 is 5.97 Å². The van der Waals surface area contributed by atoms with Crippen LogP contribution in [-0.4, -0.2) is 38.2 Å². The molecule has 0 saturated carbocycles. The number of ether oxygens (including phenoxy) is 1. The quantitative estimate of drug-likeness (QED) is 0.867. The second-order valence-corrected chi connectivity index (χ2v) is 4.95. The number of aryl methyl sites for hydroxylation is 1. The number of nitrogens with zero attached hydrogens (tertiary/aromatic N) is 4. The molecule has 0 amide bonds. The normalized spacial score (nSPS) is 10.8. The summed E-state index contributed by atoms with van der Waals surface area (Å²) in [5.41, 5.74) is 0.383. The predicted molar refractivity (Wildman–Crippen MR) is 63.6 cm³/mol. The molecule has 0 unspecified atom stereocenters. The van der Waals surface area contributed by atoms with Gasteiger partial charge in [0.1, 0.15) is 0 Å². The van der Waals surface area contributed by atoms with Gasteiger partial charge < -0.3 is 9.84 Å². The Balaban J connectivity index is 2.29. The molecule has 0 fully saturated rings. The summed E-state index contributed by atoms with van der Waals surface area (Å²) < 4.78 is 6.51. The van der Waals surface area contributed by atoms with Crippen LogP contribution >= 0.6 is 11.3 Å². The van der Waals surface area contributed by atoms with Gasteiger partial charge in [0.25, 0.3) is 0 Å². The van der Waals surface area contributed by atoms with E-state index in [1.54, 1.807) is 6.20 Å². The maximum atomic E-state index is 11.0.